The van der Waals surface area contributed by atoms with Crippen molar-refractivity contribution in [2.75, 3.05) is 0 Å². The molecule has 7 heteroatoms. The Bertz CT molecular complexity index is 987. The van der Waals surface area contributed by atoms with E-state index in [0.29, 0.717) is 22.2 Å². The highest BCUT2D eigenvalue weighted by Gasteiger charge is 2.35. The summed E-state index contributed by atoms with van der Waals surface area (Å²) in [4.78, 5) is 26.2. The van der Waals surface area contributed by atoms with Gasteiger partial charge < -0.3 is 0 Å². The van der Waals surface area contributed by atoms with Crippen LogP contribution in [0.2, 0.25) is 5.15 Å². The van der Waals surface area contributed by atoms with Crippen LogP contribution in [0.25, 0.3) is 10.8 Å². The maximum atomic E-state index is 12.5. The minimum atomic E-state index is -0.322. The molecule has 0 saturated heterocycles. The Balaban J connectivity index is 1.78. The maximum Gasteiger partial charge on any atom is 0.261 e. The lowest BCUT2D eigenvalue weighted by atomic mass is 10.1. The van der Waals surface area contributed by atoms with E-state index in [1.54, 1.807) is 24.3 Å². The normalized spacial score (nSPS) is 13.7. The van der Waals surface area contributed by atoms with Gasteiger partial charge >= 0.3 is 0 Å². The smallest absolute Gasteiger partial charge is 0.261 e. The number of aromatic nitrogens is 2. The lowest BCUT2D eigenvalue weighted by Crippen LogP contribution is -2.29. The van der Waals surface area contributed by atoms with E-state index in [2.05, 4.69) is 26.1 Å². The molecule has 1 aromatic heterocycles. The highest BCUT2D eigenvalue weighted by atomic mass is 79.9. The van der Waals surface area contributed by atoms with Crippen LogP contribution >= 0.6 is 27.5 Å². The van der Waals surface area contributed by atoms with Gasteiger partial charge in [0.05, 0.1) is 23.4 Å². The molecule has 0 radical (unpaired) electrons. The van der Waals surface area contributed by atoms with Crippen molar-refractivity contribution in [1.29, 1.82) is 0 Å². The molecule has 1 aliphatic rings. The fourth-order valence-corrected chi connectivity index (χ4v) is 3.36. The number of fused-ring (bicyclic) bond motifs is 2. The Morgan fingerprint density at radius 2 is 1.62 bits per heavy atom. The number of imide groups is 1. The number of hydrogen-bond donors (Lipinski definition) is 0. The van der Waals surface area contributed by atoms with Crippen LogP contribution in [0.4, 0.5) is 0 Å². The van der Waals surface area contributed by atoms with Crippen LogP contribution in [0, 0.1) is 0 Å². The largest absolute Gasteiger partial charge is 0.269 e. The molecule has 0 N–H and O–H groups in total. The second kappa shape index (κ2) is 5.65. The van der Waals surface area contributed by atoms with Gasteiger partial charge in [-0.2, -0.15) is 5.10 Å². The Kier molecular flexibility index (Phi) is 3.58. The number of amides is 2. The van der Waals surface area contributed by atoms with E-state index in [4.69, 9.17) is 11.6 Å². The Hall–Kier alpha value is -2.31. The van der Waals surface area contributed by atoms with Crippen LogP contribution in [0.5, 0.6) is 0 Å². The number of hydrogen-bond acceptors (Lipinski definition) is 4. The number of carbonyl (C=O) groups is 2. The van der Waals surface area contributed by atoms with E-state index in [1.165, 1.54) is 4.90 Å². The number of halogens is 2. The zero-order chi connectivity index (χ0) is 16.8. The van der Waals surface area contributed by atoms with Gasteiger partial charge in [-0.25, -0.2) is 0 Å². The first-order valence-corrected chi connectivity index (χ1v) is 8.29. The van der Waals surface area contributed by atoms with Crippen molar-refractivity contribution >= 4 is 50.1 Å². The molecule has 0 fully saturated rings. The monoisotopic (exact) mass is 401 g/mol. The summed E-state index contributed by atoms with van der Waals surface area (Å²) < 4.78 is 0.858. The first kappa shape index (κ1) is 15.2. The van der Waals surface area contributed by atoms with Crippen LogP contribution in [0.1, 0.15) is 26.4 Å². The zero-order valence-electron chi connectivity index (χ0n) is 12.2. The number of carbonyl (C=O) groups excluding carboxylic acids is 2. The van der Waals surface area contributed by atoms with Gasteiger partial charge in [-0.3, -0.25) is 14.5 Å². The van der Waals surface area contributed by atoms with Gasteiger partial charge in [0.2, 0.25) is 0 Å². The number of nitrogens with zero attached hydrogens (tertiary/aromatic N) is 3. The van der Waals surface area contributed by atoms with Gasteiger partial charge in [-0.05, 0) is 24.3 Å². The molecule has 118 valence electrons. The first-order valence-electron chi connectivity index (χ1n) is 7.12. The fraction of sp³-hybridized carbons (Fsp3) is 0.0588. The third kappa shape index (κ3) is 2.30. The highest BCUT2D eigenvalue weighted by molar-refractivity contribution is 9.10. The molecule has 0 saturated carbocycles. The fourth-order valence-electron chi connectivity index (χ4n) is 2.80. The molecule has 1 aliphatic heterocycles. The molecule has 2 heterocycles. The van der Waals surface area contributed by atoms with Crippen LogP contribution in [-0.2, 0) is 6.54 Å². The molecule has 5 nitrogen and oxygen atoms in total. The van der Waals surface area contributed by atoms with Gasteiger partial charge in [-0.1, -0.05) is 45.7 Å². The third-order valence-electron chi connectivity index (χ3n) is 3.96. The molecule has 4 rings (SSSR count). The maximum absolute atomic E-state index is 12.5. The topological polar surface area (TPSA) is 63.2 Å². The van der Waals surface area contributed by atoms with E-state index in [-0.39, 0.29) is 23.5 Å². The van der Waals surface area contributed by atoms with Crippen LogP contribution in [-0.4, -0.2) is 26.9 Å². The average Bonchev–Trinajstić information content (AvgIpc) is 2.83. The predicted molar refractivity (Wildman–Crippen MR) is 92.9 cm³/mol. The molecular weight excluding hydrogens is 394 g/mol. The van der Waals surface area contributed by atoms with Crippen LogP contribution in [0.3, 0.4) is 0 Å². The lowest BCUT2D eigenvalue weighted by molar-refractivity contribution is 0.0641. The van der Waals surface area contributed by atoms with Gasteiger partial charge in [0, 0.05) is 15.2 Å². The summed E-state index contributed by atoms with van der Waals surface area (Å²) in [6.45, 7) is 0.0502. The summed E-state index contributed by atoms with van der Waals surface area (Å²) in [5.74, 6) is -0.643. The molecule has 0 aliphatic carbocycles. The molecule has 24 heavy (non-hydrogen) atoms. The molecule has 2 amide bonds. The van der Waals surface area contributed by atoms with E-state index in [0.717, 1.165) is 9.86 Å². The Morgan fingerprint density at radius 1 is 0.958 bits per heavy atom. The van der Waals surface area contributed by atoms with Crippen molar-refractivity contribution in [3.8, 4) is 0 Å². The third-order valence-corrected chi connectivity index (χ3v) is 4.73. The molecule has 2 aromatic carbocycles. The van der Waals surface area contributed by atoms with Gasteiger partial charge in [0.15, 0.2) is 5.15 Å². The first-order chi connectivity index (χ1) is 11.6. The van der Waals surface area contributed by atoms with Crippen LogP contribution < -0.4 is 0 Å². The van der Waals surface area contributed by atoms with Crippen molar-refractivity contribution in [3.05, 3.63) is 68.9 Å². The van der Waals surface area contributed by atoms with Crippen LogP contribution in [0.15, 0.2) is 46.9 Å². The predicted octanol–water partition coefficient (Wildman–Crippen LogP) is 3.84. The minimum absolute atomic E-state index is 0.0502. The van der Waals surface area contributed by atoms with Crippen molar-refractivity contribution in [1.82, 2.24) is 15.1 Å². The van der Waals surface area contributed by atoms with Gasteiger partial charge in [0.25, 0.3) is 11.8 Å². The van der Waals surface area contributed by atoms with E-state index < -0.39 is 0 Å². The second-order valence-corrected chi connectivity index (χ2v) is 6.64. The SMILES string of the molecule is O=C1c2ccccc2C(=O)N1Cc1nnc(Cl)c2cc(Br)ccc12. The van der Waals surface area contributed by atoms with Gasteiger partial charge in [0.1, 0.15) is 0 Å². The van der Waals surface area contributed by atoms with Gasteiger partial charge in [-0.15, -0.1) is 5.10 Å². The number of benzene rings is 2. The molecule has 0 atom stereocenters. The van der Waals surface area contributed by atoms with Crippen molar-refractivity contribution in [3.63, 3.8) is 0 Å². The Morgan fingerprint density at radius 3 is 2.29 bits per heavy atom. The molecule has 0 bridgehead atoms. The second-order valence-electron chi connectivity index (χ2n) is 5.37. The quantitative estimate of drug-likeness (QED) is 0.611. The standard InChI is InChI=1S/C17H9BrClN3O2/c18-9-5-6-10-13(7-9)15(19)21-20-14(10)8-22-16(23)11-3-1-2-4-12(11)17(22)24/h1-7H,8H2. The summed E-state index contributed by atoms with van der Waals surface area (Å²) in [5, 5.41) is 9.77. The van der Waals surface area contributed by atoms with E-state index >= 15 is 0 Å². The minimum Gasteiger partial charge on any atom is -0.269 e. The van der Waals surface area contributed by atoms with Crippen molar-refractivity contribution in [2.45, 2.75) is 6.54 Å². The lowest BCUT2D eigenvalue weighted by Gasteiger charge is -2.14. The van der Waals surface area contributed by atoms with Crippen molar-refractivity contribution in [2.24, 2.45) is 0 Å². The summed E-state index contributed by atoms with van der Waals surface area (Å²) in [6, 6.07) is 12.3. The molecular formula is C17H9BrClN3O2. The highest BCUT2D eigenvalue weighted by Crippen LogP contribution is 2.29. The summed E-state index contributed by atoms with van der Waals surface area (Å²) in [5.41, 5.74) is 1.35. The number of rotatable bonds is 2. The molecule has 0 unspecified atom stereocenters. The van der Waals surface area contributed by atoms with E-state index in [1.807, 2.05) is 18.2 Å². The van der Waals surface area contributed by atoms with E-state index in [9.17, 15) is 9.59 Å². The molecule has 3 aromatic rings. The zero-order valence-corrected chi connectivity index (χ0v) is 14.5. The summed E-state index contributed by atoms with van der Waals surface area (Å²) in [6.07, 6.45) is 0. The Labute approximate surface area is 150 Å². The summed E-state index contributed by atoms with van der Waals surface area (Å²) in [7, 11) is 0. The average molecular weight is 403 g/mol. The summed E-state index contributed by atoms with van der Waals surface area (Å²) >= 11 is 9.50. The van der Waals surface area contributed by atoms with Crippen molar-refractivity contribution < 1.29 is 9.59 Å². The molecule has 0 spiro atoms.